The van der Waals surface area contributed by atoms with E-state index in [1.165, 1.54) is 5.56 Å². The highest BCUT2D eigenvalue weighted by molar-refractivity contribution is 5.79. The van der Waals surface area contributed by atoms with Gasteiger partial charge in [-0.2, -0.15) is 0 Å². The Bertz CT molecular complexity index is 848. The zero-order valence-corrected chi connectivity index (χ0v) is 14.5. The Balaban J connectivity index is 1.54. The largest absolute Gasteiger partial charge is 0.444 e. The standard InChI is InChI=1S/C18H21N5O2/c1-12-4-6-14(7-5-12)17-22-15(11-24-17)9-20-18(19-3)21-10-16-8-13(2)23-25-16/h4-8,11H,9-10H2,1-3H3,(H2,19,20,21). The van der Waals surface area contributed by atoms with Crippen molar-refractivity contribution in [3.63, 3.8) is 0 Å². The van der Waals surface area contributed by atoms with Crippen LogP contribution >= 0.6 is 0 Å². The van der Waals surface area contributed by atoms with E-state index in [4.69, 9.17) is 8.94 Å². The average Bonchev–Trinajstić information content (AvgIpc) is 3.25. The molecule has 0 atom stereocenters. The Morgan fingerprint density at radius 3 is 2.56 bits per heavy atom. The topological polar surface area (TPSA) is 88.5 Å². The van der Waals surface area contributed by atoms with Gasteiger partial charge in [0.25, 0.3) is 0 Å². The number of oxazole rings is 1. The summed E-state index contributed by atoms with van der Waals surface area (Å²) in [5.74, 6) is 2.01. The van der Waals surface area contributed by atoms with E-state index in [9.17, 15) is 0 Å². The molecule has 2 aromatic heterocycles. The number of benzene rings is 1. The van der Waals surface area contributed by atoms with Gasteiger partial charge in [-0.3, -0.25) is 4.99 Å². The van der Waals surface area contributed by atoms with Gasteiger partial charge in [0.05, 0.1) is 24.5 Å². The van der Waals surface area contributed by atoms with Gasteiger partial charge in [-0.25, -0.2) is 4.98 Å². The second-order valence-electron chi connectivity index (χ2n) is 5.72. The van der Waals surface area contributed by atoms with E-state index in [-0.39, 0.29) is 0 Å². The number of guanidine groups is 1. The van der Waals surface area contributed by atoms with Crippen LogP contribution in [0.25, 0.3) is 11.5 Å². The van der Waals surface area contributed by atoms with Crippen molar-refractivity contribution >= 4 is 5.96 Å². The number of nitrogens with zero attached hydrogens (tertiary/aromatic N) is 3. The van der Waals surface area contributed by atoms with Crippen molar-refractivity contribution in [2.75, 3.05) is 7.05 Å². The summed E-state index contributed by atoms with van der Waals surface area (Å²) >= 11 is 0. The Morgan fingerprint density at radius 2 is 1.88 bits per heavy atom. The predicted molar refractivity (Wildman–Crippen MR) is 95.0 cm³/mol. The van der Waals surface area contributed by atoms with Gasteiger partial charge in [0.15, 0.2) is 11.7 Å². The third kappa shape index (κ3) is 4.47. The van der Waals surface area contributed by atoms with E-state index in [2.05, 4.69) is 25.8 Å². The van der Waals surface area contributed by atoms with Crippen LogP contribution < -0.4 is 10.6 Å². The predicted octanol–water partition coefficient (Wildman–Crippen LogP) is 2.81. The fourth-order valence-corrected chi connectivity index (χ4v) is 2.28. The SMILES string of the molecule is CN=C(NCc1coc(-c2ccc(C)cc2)n1)NCc1cc(C)no1. The van der Waals surface area contributed by atoms with E-state index in [1.54, 1.807) is 13.3 Å². The minimum Gasteiger partial charge on any atom is -0.444 e. The Hall–Kier alpha value is -3.09. The number of aliphatic imine (C=N–C) groups is 1. The highest BCUT2D eigenvalue weighted by Crippen LogP contribution is 2.18. The van der Waals surface area contributed by atoms with Crippen LogP contribution in [0.1, 0.15) is 22.7 Å². The molecule has 2 N–H and O–H groups in total. The lowest BCUT2D eigenvalue weighted by Gasteiger charge is -2.08. The summed E-state index contributed by atoms with van der Waals surface area (Å²) < 4.78 is 10.7. The van der Waals surface area contributed by atoms with Gasteiger partial charge in [0.1, 0.15) is 6.26 Å². The molecule has 130 valence electrons. The normalized spacial score (nSPS) is 11.6. The molecule has 0 unspecified atom stereocenters. The van der Waals surface area contributed by atoms with Crippen LogP contribution in [-0.2, 0) is 13.1 Å². The molecule has 25 heavy (non-hydrogen) atoms. The zero-order valence-electron chi connectivity index (χ0n) is 14.5. The molecule has 0 aliphatic carbocycles. The lowest BCUT2D eigenvalue weighted by Crippen LogP contribution is -2.36. The smallest absolute Gasteiger partial charge is 0.226 e. The fourth-order valence-electron chi connectivity index (χ4n) is 2.28. The van der Waals surface area contributed by atoms with Crippen LogP contribution in [0.3, 0.4) is 0 Å². The molecule has 0 aliphatic rings. The molecule has 0 amide bonds. The lowest BCUT2D eigenvalue weighted by molar-refractivity contribution is 0.376. The van der Waals surface area contributed by atoms with Crippen LogP contribution in [0.5, 0.6) is 0 Å². The van der Waals surface area contributed by atoms with Gasteiger partial charge in [-0.15, -0.1) is 0 Å². The van der Waals surface area contributed by atoms with Crippen molar-refractivity contribution in [1.82, 2.24) is 20.8 Å². The van der Waals surface area contributed by atoms with Crippen molar-refractivity contribution in [1.29, 1.82) is 0 Å². The van der Waals surface area contributed by atoms with Gasteiger partial charge >= 0.3 is 0 Å². The van der Waals surface area contributed by atoms with Crippen LogP contribution in [0.15, 0.2) is 50.5 Å². The fraction of sp³-hybridized carbons (Fsp3) is 0.278. The number of hydrogen-bond donors (Lipinski definition) is 2. The second-order valence-corrected chi connectivity index (χ2v) is 5.72. The number of hydrogen-bond acceptors (Lipinski definition) is 5. The van der Waals surface area contributed by atoms with E-state index in [1.807, 2.05) is 44.2 Å². The van der Waals surface area contributed by atoms with Crippen LogP contribution in [-0.4, -0.2) is 23.1 Å². The van der Waals surface area contributed by atoms with Crippen LogP contribution in [0.2, 0.25) is 0 Å². The van der Waals surface area contributed by atoms with Crippen molar-refractivity contribution in [2.45, 2.75) is 26.9 Å². The molecule has 0 radical (unpaired) electrons. The number of aryl methyl sites for hydroxylation is 2. The van der Waals surface area contributed by atoms with Crippen LogP contribution in [0, 0.1) is 13.8 Å². The average molecular weight is 339 g/mol. The number of rotatable bonds is 5. The first-order valence-corrected chi connectivity index (χ1v) is 8.02. The molecular weight excluding hydrogens is 318 g/mol. The van der Waals surface area contributed by atoms with Crippen molar-refractivity contribution in [2.24, 2.45) is 4.99 Å². The Morgan fingerprint density at radius 1 is 1.12 bits per heavy atom. The molecule has 0 bridgehead atoms. The van der Waals surface area contributed by atoms with Crippen molar-refractivity contribution in [3.8, 4) is 11.5 Å². The first-order valence-electron chi connectivity index (χ1n) is 8.02. The molecule has 7 nitrogen and oxygen atoms in total. The molecule has 2 heterocycles. The maximum atomic E-state index is 5.55. The minimum absolute atomic E-state index is 0.504. The molecule has 3 aromatic rings. The van der Waals surface area contributed by atoms with Gasteiger partial charge in [0, 0.05) is 18.7 Å². The first kappa shape index (κ1) is 16.8. The summed E-state index contributed by atoms with van der Waals surface area (Å²) in [4.78, 5) is 8.67. The van der Waals surface area contributed by atoms with Gasteiger partial charge < -0.3 is 19.6 Å². The molecule has 1 aromatic carbocycles. The van der Waals surface area contributed by atoms with Gasteiger partial charge in [0.2, 0.25) is 5.89 Å². The molecule has 7 heteroatoms. The molecule has 0 aliphatic heterocycles. The van der Waals surface area contributed by atoms with Crippen LogP contribution in [0.4, 0.5) is 0 Å². The van der Waals surface area contributed by atoms with E-state index >= 15 is 0 Å². The summed E-state index contributed by atoms with van der Waals surface area (Å²) in [6, 6.07) is 9.95. The monoisotopic (exact) mass is 339 g/mol. The van der Waals surface area contributed by atoms with Crippen molar-refractivity contribution in [3.05, 3.63) is 59.3 Å². The van der Waals surface area contributed by atoms with Gasteiger partial charge in [-0.05, 0) is 26.0 Å². The summed E-state index contributed by atoms with van der Waals surface area (Å²) in [7, 11) is 1.71. The molecule has 0 saturated carbocycles. The Kier molecular flexibility index (Phi) is 5.13. The molecule has 0 fully saturated rings. The highest BCUT2D eigenvalue weighted by atomic mass is 16.5. The molecule has 3 rings (SSSR count). The Labute approximate surface area is 146 Å². The van der Waals surface area contributed by atoms with E-state index in [0.29, 0.717) is 24.9 Å². The third-order valence-electron chi connectivity index (χ3n) is 3.62. The summed E-state index contributed by atoms with van der Waals surface area (Å²) in [6.45, 7) is 4.95. The lowest BCUT2D eigenvalue weighted by atomic mass is 10.1. The quantitative estimate of drug-likeness (QED) is 0.549. The summed E-state index contributed by atoms with van der Waals surface area (Å²) in [5.41, 5.74) is 3.81. The molecule has 0 spiro atoms. The maximum Gasteiger partial charge on any atom is 0.226 e. The van der Waals surface area contributed by atoms with Gasteiger partial charge in [-0.1, -0.05) is 22.9 Å². The zero-order chi connectivity index (χ0) is 17.6. The molecule has 0 saturated heterocycles. The summed E-state index contributed by atoms with van der Waals surface area (Å²) in [5, 5.41) is 10.2. The second kappa shape index (κ2) is 7.65. The highest BCUT2D eigenvalue weighted by Gasteiger charge is 2.08. The first-order chi connectivity index (χ1) is 12.1. The van der Waals surface area contributed by atoms with E-state index in [0.717, 1.165) is 22.7 Å². The maximum absolute atomic E-state index is 5.55. The summed E-state index contributed by atoms with van der Waals surface area (Å²) in [6.07, 6.45) is 1.65. The number of nitrogens with one attached hydrogen (secondary N) is 2. The van der Waals surface area contributed by atoms with E-state index < -0.39 is 0 Å². The number of aromatic nitrogens is 2. The van der Waals surface area contributed by atoms with Crippen molar-refractivity contribution < 1.29 is 8.94 Å². The third-order valence-corrected chi connectivity index (χ3v) is 3.62. The molecular formula is C18H21N5O2. The minimum atomic E-state index is 0.504.